The van der Waals surface area contributed by atoms with Gasteiger partial charge in [0.2, 0.25) is 0 Å². The smallest absolute Gasteiger partial charge is 0.259 e. The van der Waals surface area contributed by atoms with Crippen LogP contribution in [0.3, 0.4) is 0 Å². The minimum Gasteiger partial charge on any atom is -0.349 e. The molecular formula is C42H34Cl2N5OP. The van der Waals surface area contributed by atoms with Gasteiger partial charge in [-0.1, -0.05) is 157 Å². The monoisotopic (exact) mass is 725 g/mol. The predicted octanol–water partition coefficient (Wildman–Crippen LogP) is 9.85. The number of halogens is 2. The van der Waals surface area contributed by atoms with Crippen LogP contribution in [-0.4, -0.2) is 26.5 Å². The number of amides is 1. The van der Waals surface area contributed by atoms with Crippen molar-refractivity contribution in [2.24, 2.45) is 4.74 Å². The van der Waals surface area contributed by atoms with Crippen molar-refractivity contribution >= 4 is 63.5 Å². The summed E-state index contributed by atoms with van der Waals surface area (Å²) in [7, 11) is -2.80. The van der Waals surface area contributed by atoms with Gasteiger partial charge in [-0.3, -0.25) is 4.79 Å². The molecular weight excluding hydrogens is 692 g/mol. The van der Waals surface area contributed by atoms with Crippen LogP contribution in [0.1, 0.15) is 36.0 Å². The zero-order chi connectivity index (χ0) is 34.8. The van der Waals surface area contributed by atoms with Crippen LogP contribution in [0, 0.1) is 0 Å². The summed E-state index contributed by atoms with van der Waals surface area (Å²) in [6.07, 6.45) is 5.83. The van der Waals surface area contributed by atoms with E-state index in [1.807, 2.05) is 103 Å². The average Bonchev–Trinajstić information content (AvgIpc) is 3.83. The number of nitrogens with zero attached hydrogens (tertiary/aromatic N) is 4. The first-order chi connectivity index (χ1) is 25.0. The molecule has 0 bridgehead atoms. The lowest BCUT2D eigenvalue weighted by Gasteiger charge is -2.26. The number of fused-ring (bicyclic) bond motifs is 1. The van der Waals surface area contributed by atoms with Gasteiger partial charge in [0.1, 0.15) is 5.56 Å². The number of nitrogens with one attached hydrogen (secondary N) is 1. The Bertz CT molecular complexity index is 2290. The summed E-state index contributed by atoms with van der Waals surface area (Å²) in [4.78, 5) is 19.6. The third-order valence-electron chi connectivity index (χ3n) is 9.46. The van der Waals surface area contributed by atoms with Crippen LogP contribution < -0.4 is 21.2 Å². The second kappa shape index (κ2) is 14.3. The summed E-state index contributed by atoms with van der Waals surface area (Å²) in [5, 5.41) is 12.9. The second-order valence-corrected chi connectivity index (χ2v) is 16.5. The molecule has 1 saturated carbocycles. The molecule has 1 amide bonds. The molecule has 2 aromatic heterocycles. The van der Waals surface area contributed by atoms with E-state index in [0.717, 1.165) is 64.0 Å². The highest BCUT2D eigenvalue weighted by Crippen LogP contribution is 2.50. The summed E-state index contributed by atoms with van der Waals surface area (Å²) in [5.74, 6) is 0.0948. The van der Waals surface area contributed by atoms with E-state index in [4.69, 9.17) is 38.0 Å². The fourth-order valence-electron chi connectivity index (χ4n) is 7.03. The van der Waals surface area contributed by atoms with Crippen molar-refractivity contribution in [1.82, 2.24) is 19.9 Å². The normalized spacial score (nSPS) is 13.4. The quantitative estimate of drug-likeness (QED) is 0.159. The number of hydrogen-bond donors (Lipinski definition) is 1. The minimum atomic E-state index is -2.80. The Morgan fingerprint density at radius 3 is 1.82 bits per heavy atom. The number of rotatable bonds is 8. The van der Waals surface area contributed by atoms with E-state index < -0.39 is 7.05 Å². The van der Waals surface area contributed by atoms with Gasteiger partial charge in [0.25, 0.3) is 5.91 Å². The van der Waals surface area contributed by atoms with E-state index in [-0.39, 0.29) is 11.9 Å². The van der Waals surface area contributed by atoms with E-state index in [1.54, 1.807) is 10.7 Å². The molecule has 0 saturated heterocycles. The molecule has 252 valence electrons. The van der Waals surface area contributed by atoms with E-state index in [0.29, 0.717) is 27.1 Å². The zero-order valence-corrected chi connectivity index (χ0v) is 30.1. The van der Waals surface area contributed by atoms with E-state index >= 15 is 0 Å². The molecule has 6 nitrogen and oxygen atoms in total. The third-order valence-corrected chi connectivity index (χ3v) is 13.7. The van der Waals surface area contributed by atoms with Gasteiger partial charge in [0.15, 0.2) is 11.5 Å². The van der Waals surface area contributed by atoms with Crippen molar-refractivity contribution in [3.63, 3.8) is 0 Å². The summed E-state index contributed by atoms with van der Waals surface area (Å²) in [5.41, 5.74) is 3.89. The Morgan fingerprint density at radius 1 is 0.706 bits per heavy atom. The lowest BCUT2D eigenvalue weighted by Crippen LogP contribution is -2.32. The van der Waals surface area contributed by atoms with Crippen molar-refractivity contribution in [2.75, 3.05) is 0 Å². The molecule has 1 aliphatic rings. The van der Waals surface area contributed by atoms with Gasteiger partial charge in [-0.2, -0.15) is 0 Å². The zero-order valence-electron chi connectivity index (χ0n) is 27.7. The lowest BCUT2D eigenvalue weighted by molar-refractivity contribution is 0.0940. The molecule has 51 heavy (non-hydrogen) atoms. The molecule has 1 N–H and O–H groups in total. The number of carbonyl (C=O) groups excluding carboxylic acids is 1. The van der Waals surface area contributed by atoms with Gasteiger partial charge < -0.3 is 5.32 Å². The molecule has 1 fully saturated rings. The van der Waals surface area contributed by atoms with Gasteiger partial charge in [-0.15, -0.1) is 5.10 Å². The lowest BCUT2D eigenvalue weighted by atomic mass is 10.0. The van der Waals surface area contributed by atoms with Crippen molar-refractivity contribution in [3.8, 4) is 22.4 Å². The SMILES string of the molecule is O=C(NC1CCCC1)c1c(N=P(c2ccccc2)(c2ccccc2)c2ccccc2)nn2c(-c3ccc(Cl)cc3)c(-c3ccccc3Cl)cnc12. The molecule has 1 aliphatic carbocycles. The van der Waals surface area contributed by atoms with Crippen LogP contribution in [0.15, 0.2) is 150 Å². The van der Waals surface area contributed by atoms with Gasteiger partial charge >= 0.3 is 0 Å². The average molecular weight is 727 g/mol. The molecule has 7 aromatic rings. The standard InChI is InChI=1S/C42H34Cl2N5OP/c43-30-26-24-29(25-27-30)39-36(35-22-12-13-23-37(35)44)28-45-41-38(42(50)46-31-14-10-11-15-31)40(47-49(39)41)48-51(32-16-4-1-5-17-32,33-18-6-2-7-19-33)34-20-8-3-9-21-34/h1-9,12-13,16-28,31H,10-11,14-15H2,(H,46,50). The fourth-order valence-corrected chi connectivity index (χ4v) is 10.9. The van der Waals surface area contributed by atoms with Crippen LogP contribution in [0.2, 0.25) is 10.0 Å². The molecule has 0 spiro atoms. The van der Waals surface area contributed by atoms with Crippen LogP contribution in [-0.2, 0) is 0 Å². The maximum absolute atomic E-state index is 14.6. The maximum atomic E-state index is 14.6. The van der Waals surface area contributed by atoms with Crippen molar-refractivity contribution in [3.05, 3.63) is 161 Å². The topological polar surface area (TPSA) is 71.7 Å². The van der Waals surface area contributed by atoms with Crippen LogP contribution in [0.4, 0.5) is 5.82 Å². The first-order valence-electron chi connectivity index (χ1n) is 17.1. The Hall–Kier alpha value is -5.00. The molecule has 0 radical (unpaired) electrons. The summed E-state index contributed by atoms with van der Waals surface area (Å²) in [6.45, 7) is 0. The first-order valence-corrected chi connectivity index (χ1v) is 19.6. The largest absolute Gasteiger partial charge is 0.349 e. The van der Waals surface area contributed by atoms with Gasteiger partial charge in [0.05, 0.1) is 12.7 Å². The predicted molar refractivity (Wildman–Crippen MR) is 211 cm³/mol. The summed E-state index contributed by atoms with van der Waals surface area (Å²) >= 11 is 13.2. The number of benzene rings is 5. The van der Waals surface area contributed by atoms with Gasteiger partial charge in [0, 0.05) is 54.9 Å². The fraction of sp³-hybridized carbons (Fsp3) is 0.119. The highest BCUT2D eigenvalue weighted by molar-refractivity contribution is 7.87. The molecule has 5 aromatic carbocycles. The summed E-state index contributed by atoms with van der Waals surface area (Å²) < 4.78 is 7.50. The Balaban J connectivity index is 1.51. The second-order valence-electron chi connectivity index (χ2n) is 12.6. The molecule has 9 heteroatoms. The maximum Gasteiger partial charge on any atom is 0.259 e. The molecule has 0 aliphatic heterocycles. The van der Waals surface area contributed by atoms with Crippen LogP contribution in [0.5, 0.6) is 0 Å². The van der Waals surface area contributed by atoms with Crippen LogP contribution in [0.25, 0.3) is 28.0 Å². The highest BCUT2D eigenvalue weighted by Gasteiger charge is 2.32. The van der Waals surface area contributed by atoms with E-state index in [9.17, 15) is 4.79 Å². The highest BCUT2D eigenvalue weighted by atomic mass is 35.5. The Morgan fingerprint density at radius 2 is 1.25 bits per heavy atom. The number of carbonyl (C=O) groups is 1. The van der Waals surface area contributed by atoms with Crippen LogP contribution >= 0.6 is 30.3 Å². The van der Waals surface area contributed by atoms with Gasteiger partial charge in [-0.05, 0) is 31.0 Å². The Kier molecular flexibility index (Phi) is 9.31. The summed E-state index contributed by atoms with van der Waals surface area (Å²) in [6, 6.07) is 46.3. The molecule has 2 heterocycles. The number of aromatic nitrogens is 3. The Labute approximate surface area is 307 Å². The van der Waals surface area contributed by atoms with Crippen molar-refractivity contribution in [2.45, 2.75) is 31.7 Å². The van der Waals surface area contributed by atoms with Gasteiger partial charge in [-0.25, -0.2) is 14.2 Å². The van der Waals surface area contributed by atoms with Crippen molar-refractivity contribution < 1.29 is 4.79 Å². The third kappa shape index (κ3) is 6.29. The molecule has 8 rings (SSSR count). The number of hydrogen-bond acceptors (Lipinski definition) is 4. The first kappa shape index (κ1) is 33.2. The van der Waals surface area contributed by atoms with E-state index in [1.165, 1.54) is 0 Å². The van der Waals surface area contributed by atoms with E-state index in [2.05, 4.69) is 41.7 Å². The minimum absolute atomic E-state index is 0.0790. The molecule has 0 unspecified atom stereocenters. The van der Waals surface area contributed by atoms with Crippen molar-refractivity contribution in [1.29, 1.82) is 0 Å². The molecule has 0 atom stereocenters.